The molecule has 0 saturated carbocycles. The first-order chi connectivity index (χ1) is 11.1. The summed E-state index contributed by atoms with van der Waals surface area (Å²) in [6.45, 7) is 3.07. The number of esters is 1. The molecule has 2 heterocycles. The van der Waals surface area contributed by atoms with E-state index in [1.54, 1.807) is 24.5 Å². The summed E-state index contributed by atoms with van der Waals surface area (Å²) < 4.78 is 5.03. The normalized spacial score (nSPS) is 14.5. The molecule has 0 unspecified atom stereocenters. The molecular weight excluding hydrogens is 318 g/mol. The van der Waals surface area contributed by atoms with Gasteiger partial charge in [0.2, 0.25) is 5.28 Å². The number of hydrogen-bond donors (Lipinski definition) is 2. The highest BCUT2D eigenvalue weighted by Gasteiger charge is 2.25. The summed E-state index contributed by atoms with van der Waals surface area (Å²) in [5, 5.41) is 13.7. The number of benzene rings is 1. The highest BCUT2D eigenvalue weighted by atomic mass is 35.5. The lowest BCUT2D eigenvalue weighted by atomic mass is 9.95. The lowest BCUT2D eigenvalue weighted by Crippen LogP contribution is -2.22. The molecular formula is C16H16ClN3O3. The van der Waals surface area contributed by atoms with Gasteiger partial charge in [-0.3, -0.25) is 0 Å². The maximum absolute atomic E-state index is 11.5. The molecule has 0 fully saturated rings. The number of cyclic esters (lactones) is 1. The van der Waals surface area contributed by atoms with Gasteiger partial charge in [0.15, 0.2) is 0 Å². The molecule has 0 saturated heterocycles. The van der Waals surface area contributed by atoms with Crippen LogP contribution in [0.3, 0.4) is 0 Å². The third-order valence-electron chi connectivity index (χ3n) is 3.91. The topological polar surface area (TPSA) is 84.3 Å². The summed E-state index contributed by atoms with van der Waals surface area (Å²) in [6.07, 6.45) is 2.60. The molecule has 1 aromatic heterocycles. The van der Waals surface area contributed by atoms with E-state index in [0.29, 0.717) is 18.7 Å². The molecule has 0 aliphatic carbocycles. The second-order valence-corrected chi connectivity index (χ2v) is 5.73. The van der Waals surface area contributed by atoms with Crippen LogP contribution in [0.2, 0.25) is 5.28 Å². The van der Waals surface area contributed by atoms with Crippen LogP contribution in [0.15, 0.2) is 24.5 Å². The smallest absolute Gasteiger partial charge is 0.338 e. The Morgan fingerprint density at radius 2 is 2.13 bits per heavy atom. The molecule has 6 nitrogen and oxygen atoms in total. The molecule has 0 spiro atoms. The average molecular weight is 334 g/mol. The number of aliphatic hydroxyl groups is 1. The van der Waals surface area contributed by atoms with Crippen molar-refractivity contribution in [1.82, 2.24) is 15.3 Å². The lowest BCUT2D eigenvalue weighted by molar-refractivity contribution is 0.0535. The van der Waals surface area contributed by atoms with Crippen molar-refractivity contribution in [2.24, 2.45) is 0 Å². The van der Waals surface area contributed by atoms with Gasteiger partial charge in [-0.25, -0.2) is 14.8 Å². The highest BCUT2D eigenvalue weighted by Crippen LogP contribution is 2.28. The Kier molecular flexibility index (Phi) is 4.56. The molecule has 1 atom stereocenters. The highest BCUT2D eigenvalue weighted by molar-refractivity contribution is 6.28. The Hall–Kier alpha value is -2.02. The summed E-state index contributed by atoms with van der Waals surface area (Å²) in [5.41, 5.74) is 4.02. The fraction of sp³-hybridized carbons (Fsp3) is 0.312. The zero-order valence-electron chi connectivity index (χ0n) is 12.5. The molecule has 7 heteroatoms. The number of aliphatic hydroxyl groups excluding tert-OH is 1. The van der Waals surface area contributed by atoms with Gasteiger partial charge in [0.05, 0.1) is 11.7 Å². The molecule has 2 aromatic rings. The molecule has 2 N–H and O–H groups in total. The number of carbonyl (C=O) groups excluding carboxylic acids is 1. The first kappa shape index (κ1) is 15.9. The Labute approximate surface area is 138 Å². The van der Waals surface area contributed by atoms with Crippen LogP contribution in [-0.2, 0) is 17.9 Å². The second kappa shape index (κ2) is 6.62. The molecule has 0 bridgehead atoms. The van der Waals surface area contributed by atoms with E-state index in [1.807, 2.05) is 6.92 Å². The van der Waals surface area contributed by atoms with Crippen LogP contribution < -0.4 is 5.32 Å². The first-order valence-corrected chi connectivity index (χ1v) is 7.58. The number of ether oxygens (including phenoxy) is 1. The zero-order chi connectivity index (χ0) is 16.4. The van der Waals surface area contributed by atoms with E-state index in [1.165, 1.54) is 0 Å². The molecule has 23 heavy (non-hydrogen) atoms. The van der Waals surface area contributed by atoms with E-state index in [4.69, 9.17) is 16.3 Å². The number of hydrogen-bond acceptors (Lipinski definition) is 6. The third kappa shape index (κ3) is 3.34. The van der Waals surface area contributed by atoms with Gasteiger partial charge in [-0.05, 0) is 35.7 Å². The van der Waals surface area contributed by atoms with Gasteiger partial charge in [-0.15, -0.1) is 0 Å². The first-order valence-electron chi connectivity index (χ1n) is 7.21. The molecule has 1 aliphatic heterocycles. The largest absolute Gasteiger partial charge is 0.457 e. The van der Waals surface area contributed by atoms with Crippen LogP contribution in [0.4, 0.5) is 0 Å². The van der Waals surface area contributed by atoms with Crippen LogP contribution >= 0.6 is 11.6 Å². The van der Waals surface area contributed by atoms with Crippen LogP contribution in [0.1, 0.15) is 38.7 Å². The van der Waals surface area contributed by atoms with Gasteiger partial charge in [0, 0.05) is 36.6 Å². The van der Waals surface area contributed by atoms with Crippen molar-refractivity contribution in [3.63, 3.8) is 0 Å². The van der Waals surface area contributed by atoms with Crippen LogP contribution in [-0.4, -0.2) is 27.6 Å². The maximum atomic E-state index is 11.5. The van der Waals surface area contributed by atoms with E-state index in [9.17, 15) is 9.90 Å². The molecule has 3 rings (SSSR count). The molecule has 0 radical (unpaired) electrons. The minimum atomic E-state index is -0.677. The second-order valence-electron chi connectivity index (χ2n) is 5.39. The summed E-state index contributed by atoms with van der Waals surface area (Å²) in [5.74, 6) is -0.301. The minimum Gasteiger partial charge on any atom is -0.457 e. The summed E-state index contributed by atoms with van der Waals surface area (Å²) >= 11 is 5.63. The van der Waals surface area contributed by atoms with Gasteiger partial charge in [0.25, 0.3) is 0 Å². The lowest BCUT2D eigenvalue weighted by Gasteiger charge is -2.16. The Balaban J connectivity index is 1.63. The van der Waals surface area contributed by atoms with Crippen molar-refractivity contribution < 1.29 is 14.6 Å². The summed E-state index contributed by atoms with van der Waals surface area (Å²) in [4.78, 5) is 19.3. The maximum Gasteiger partial charge on any atom is 0.338 e. The predicted molar refractivity (Wildman–Crippen MR) is 84.0 cm³/mol. The van der Waals surface area contributed by atoms with Crippen LogP contribution in [0.25, 0.3) is 0 Å². The number of fused-ring (bicyclic) bond motifs is 1. The van der Waals surface area contributed by atoms with Crippen molar-refractivity contribution >= 4 is 17.6 Å². The van der Waals surface area contributed by atoms with E-state index in [2.05, 4.69) is 15.3 Å². The molecule has 0 amide bonds. The van der Waals surface area contributed by atoms with Gasteiger partial charge in [0.1, 0.15) is 6.61 Å². The SMILES string of the molecule is Cc1c([C@@H](O)CNCc2cnc(Cl)nc2)ccc2c1COC2=O. The van der Waals surface area contributed by atoms with Gasteiger partial charge in [-0.2, -0.15) is 0 Å². The summed E-state index contributed by atoms with van der Waals surface area (Å²) in [6, 6.07) is 3.49. The van der Waals surface area contributed by atoms with Crippen LogP contribution in [0, 0.1) is 6.92 Å². The molecule has 1 aliphatic rings. The van der Waals surface area contributed by atoms with Crippen molar-refractivity contribution in [2.45, 2.75) is 26.2 Å². The van der Waals surface area contributed by atoms with Gasteiger partial charge >= 0.3 is 5.97 Å². The Bertz CT molecular complexity index is 734. The van der Waals surface area contributed by atoms with Crippen molar-refractivity contribution in [1.29, 1.82) is 0 Å². The van der Waals surface area contributed by atoms with E-state index >= 15 is 0 Å². The van der Waals surface area contributed by atoms with Gasteiger partial charge < -0.3 is 15.2 Å². The van der Waals surface area contributed by atoms with E-state index < -0.39 is 6.10 Å². The van der Waals surface area contributed by atoms with Crippen molar-refractivity contribution in [2.75, 3.05) is 6.54 Å². The fourth-order valence-corrected chi connectivity index (χ4v) is 2.72. The summed E-state index contributed by atoms with van der Waals surface area (Å²) in [7, 11) is 0. The Morgan fingerprint density at radius 3 is 2.87 bits per heavy atom. The fourth-order valence-electron chi connectivity index (χ4n) is 2.62. The standard InChI is InChI=1S/C16H16ClN3O3/c1-9-11(2-3-12-13(9)8-23-15(12)22)14(21)7-18-4-10-5-19-16(17)20-6-10/h2-3,5-6,14,18,21H,4,7-8H2,1H3/t14-/m0/s1. The number of nitrogens with one attached hydrogen (secondary N) is 1. The zero-order valence-corrected chi connectivity index (χ0v) is 13.3. The molecule has 120 valence electrons. The number of halogens is 1. The number of aromatic nitrogens is 2. The predicted octanol–water partition coefficient (Wildman–Crippen LogP) is 1.93. The van der Waals surface area contributed by atoms with E-state index in [-0.39, 0.29) is 17.9 Å². The average Bonchev–Trinajstić information content (AvgIpc) is 2.92. The van der Waals surface area contributed by atoms with Crippen molar-refractivity contribution in [3.05, 3.63) is 57.6 Å². The number of rotatable bonds is 5. The quantitative estimate of drug-likeness (QED) is 0.642. The number of carbonyl (C=O) groups is 1. The number of nitrogens with zero attached hydrogens (tertiary/aromatic N) is 2. The van der Waals surface area contributed by atoms with Gasteiger partial charge in [-0.1, -0.05) is 6.07 Å². The van der Waals surface area contributed by atoms with Crippen molar-refractivity contribution in [3.8, 4) is 0 Å². The van der Waals surface area contributed by atoms with E-state index in [0.717, 1.165) is 22.3 Å². The Morgan fingerprint density at radius 1 is 1.39 bits per heavy atom. The monoisotopic (exact) mass is 333 g/mol. The molecule has 1 aromatic carbocycles. The third-order valence-corrected chi connectivity index (χ3v) is 4.10. The minimum absolute atomic E-state index is 0.208. The van der Waals surface area contributed by atoms with Crippen LogP contribution in [0.5, 0.6) is 0 Å².